The van der Waals surface area contributed by atoms with Crippen LogP contribution in [0.25, 0.3) is 0 Å². The molecule has 2 aliphatic rings. The van der Waals surface area contributed by atoms with E-state index in [0.717, 1.165) is 28.4 Å². The fraction of sp³-hybridized carbons (Fsp3) is 0.273. The normalized spacial score (nSPS) is 20.3. The zero-order valence-electron chi connectivity index (χ0n) is 17.2. The molecule has 7 nitrogen and oxygen atoms in total. The summed E-state index contributed by atoms with van der Waals surface area (Å²) < 4.78 is 29.6. The van der Waals surface area contributed by atoms with E-state index in [1.807, 2.05) is 19.9 Å². The Labute approximate surface area is 186 Å². The lowest BCUT2D eigenvalue weighted by Crippen LogP contribution is -2.42. The summed E-state index contributed by atoms with van der Waals surface area (Å²) in [6, 6.07) is 8.10. The number of carbonyl (C=O) groups is 1. The summed E-state index contributed by atoms with van der Waals surface area (Å²) in [5.41, 5.74) is 5.73. The van der Waals surface area contributed by atoms with Crippen LogP contribution in [0.2, 0.25) is 0 Å². The summed E-state index contributed by atoms with van der Waals surface area (Å²) in [7, 11) is 0. The SMILES string of the molecule is CC1(C)CC(=O)C2=C(C1)N(c1c(F)cccc1F)C(N)=C(C#N)C2c1ccc([N+](=O)[O-])s1. The summed E-state index contributed by atoms with van der Waals surface area (Å²) in [4.78, 5) is 25.5. The highest BCUT2D eigenvalue weighted by atomic mass is 32.1. The van der Waals surface area contributed by atoms with Gasteiger partial charge in [-0.05, 0) is 30.0 Å². The molecule has 1 unspecified atom stereocenters. The number of benzene rings is 1. The van der Waals surface area contributed by atoms with Gasteiger partial charge in [0, 0.05) is 28.6 Å². The Morgan fingerprint density at radius 3 is 2.47 bits per heavy atom. The van der Waals surface area contributed by atoms with Crippen LogP contribution in [0.3, 0.4) is 0 Å². The number of halogens is 2. The van der Waals surface area contributed by atoms with E-state index in [1.165, 1.54) is 18.2 Å². The predicted molar refractivity (Wildman–Crippen MR) is 114 cm³/mol. The van der Waals surface area contributed by atoms with E-state index in [9.17, 15) is 29.0 Å². The van der Waals surface area contributed by atoms with E-state index in [-0.39, 0.29) is 40.6 Å². The second-order valence-electron chi connectivity index (χ2n) is 8.48. The Morgan fingerprint density at radius 1 is 1.25 bits per heavy atom. The van der Waals surface area contributed by atoms with Crippen molar-refractivity contribution in [2.45, 2.75) is 32.6 Å². The zero-order chi connectivity index (χ0) is 23.4. The van der Waals surface area contributed by atoms with Crippen LogP contribution in [-0.4, -0.2) is 10.7 Å². The molecular weight excluding hydrogens is 438 g/mol. The van der Waals surface area contributed by atoms with Gasteiger partial charge in [0.1, 0.15) is 23.1 Å². The number of rotatable bonds is 3. The van der Waals surface area contributed by atoms with Crippen molar-refractivity contribution in [1.82, 2.24) is 0 Å². The molecule has 32 heavy (non-hydrogen) atoms. The standard InChI is InChI=1S/C22H18F2N4O3S/c1-22(2)8-14-19(15(29)9-22)18(16-6-7-17(32-16)28(30)31)11(10-25)21(26)27(14)20-12(23)4-3-5-13(20)24/h3-7,18H,8-9,26H2,1-2H3. The van der Waals surface area contributed by atoms with Crippen molar-refractivity contribution in [3.63, 3.8) is 0 Å². The van der Waals surface area contributed by atoms with Gasteiger partial charge in [0.05, 0.1) is 22.5 Å². The number of nitrogens with two attached hydrogens (primary N) is 1. The molecule has 164 valence electrons. The molecule has 4 rings (SSSR count). The van der Waals surface area contributed by atoms with E-state index in [0.29, 0.717) is 10.6 Å². The molecule has 2 heterocycles. The molecule has 1 aliphatic carbocycles. The highest BCUT2D eigenvalue weighted by Crippen LogP contribution is 2.52. The Kier molecular flexibility index (Phi) is 5.09. The molecule has 1 aromatic heterocycles. The molecule has 0 amide bonds. The second-order valence-corrected chi connectivity index (χ2v) is 9.58. The summed E-state index contributed by atoms with van der Waals surface area (Å²) in [6.07, 6.45) is 0.424. The number of para-hydroxylation sites is 1. The van der Waals surface area contributed by atoms with Crippen LogP contribution < -0.4 is 10.6 Å². The van der Waals surface area contributed by atoms with Crippen molar-refractivity contribution in [2.75, 3.05) is 4.90 Å². The maximum Gasteiger partial charge on any atom is 0.324 e. The summed E-state index contributed by atoms with van der Waals surface area (Å²) in [5.74, 6) is -3.22. The van der Waals surface area contributed by atoms with Crippen LogP contribution in [0.4, 0.5) is 19.5 Å². The Bertz CT molecular complexity index is 1250. The fourth-order valence-electron chi connectivity index (χ4n) is 4.35. The van der Waals surface area contributed by atoms with Gasteiger partial charge in [-0.15, -0.1) is 0 Å². The number of Topliss-reactive ketones (excluding diaryl/α,β-unsaturated/α-hetero) is 1. The van der Waals surface area contributed by atoms with E-state index < -0.39 is 33.6 Å². The van der Waals surface area contributed by atoms with Crippen LogP contribution in [-0.2, 0) is 4.79 Å². The van der Waals surface area contributed by atoms with Gasteiger partial charge in [-0.3, -0.25) is 19.8 Å². The average molecular weight is 456 g/mol. The van der Waals surface area contributed by atoms with Crippen molar-refractivity contribution in [3.8, 4) is 6.07 Å². The molecule has 0 radical (unpaired) electrons. The lowest BCUT2D eigenvalue weighted by atomic mass is 9.69. The first-order valence-electron chi connectivity index (χ1n) is 9.70. The van der Waals surface area contributed by atoms with Gasteiger partial charge in [0.2, 0.25) is 0 Å². The molecule has 1 atom stereocenters. The molecule has 1 aromatic carbocycles. The minimum atomic E-state index is -0.941. The summed E-state index contributed by atoms with van der Waals surface area (Å²) in [5, 5.41) is 21.0. The van der Waals surface area contributed by atoms with Crippen molar-refractivity contribution in [3.05, 3.63) is 79.6 Å². The number of ketones is 1. The molecule has 2 aromatic rings. The average Bonchev–Trinajstić information content (AvgIpc) is 3.18. The number of hydrogen-bond donors (Lipinski definition) is 1. The van der Waals surface area contributed by atoms with Crippen LogP contribution >= 0.6 is 11.3 Å². The number of thiophene rings is 1. The third-order valence-electron chi connectivity index (χ3n) is 5.62. The van der Waals surface area contributed by atoms with Gasteiger partial charge < -0.3 is 5.73 Å². The highest BCUT2D eigenvalue weighted by Gasteiger charge is 2.46. The van der Waals surface area contributed by atoms with Gasteiger partial charge >= 0.3 is 5.00 Å². The van der Waals surface area contributed by atoms with Crippen LogP contribution in [0.15, 0.2) is 53.0 Å². The van der Waals surface area contributed by atoms with Crippen molar-refractivity contribution < 1.29 is 18.5 Å². The molecule has 10 heteroatoms. The number of allylic oxidation sites excluding steroid dienone is 3. The highest BCUT2D eigenvalue weighted by molar-refractivity contribution is 7.15. The fourth-order valence-corrected chi connectivity index (χ4v) is 5.29. The maximum absolute atomic E-state index is 14.8. The quantitative estimate of drug-likeness (QED) is 0.520. The largest absolute Gasteiger partial charge is 0.384 e. The van der Waals surface area contributed by atoms with E-state index >= 15 is 0 Å². The minimum absolute atomic E-state index is 0.0868. The Balaban J connectivity index is 2.03. The first-order chi connectivity index (χ1) is 15.1. The van der Waals surface area contributed by atoms with E-state index in [4.69, 9.17) is 5.73 Å². The molecule has 1 aliphatic heterocycles. The molecule has 0 saturated heterocycles. The van der Waals surface area contributed by atoms with E-state index in [2.05, 4.69) is 0 Å². The lowest BCUT2D eigenvalue weighted by molar-refractivity contribution is -0.380. The Hall–Kier alpha value is -3.58. The molecule has 0 fully saturated rings. The first-order valence-corrected chi connectivity index (χ1v) is 10.5. The van der Waals surface area contributed by atoms with Crippen LogP contribution in [0, 0.1) is 38.5 Å². The number of carbonyl (C=O) groups excluding carboxylic acids is 1. The van der Waals surface area contributed by atoms with Gasteiger partial charge in [0.15, 0.2) is 5.78 Å². The van der Waals surface area contributed by atoms with Crippen molar-refractivity contribution in [1.29, 1.82) is 5.26 Å². The molecular formula is C22H18F2N4O3S. The summed E-state index contributed by atoms with van der Waals surface area (Å²) in [6.45, 7) is 3.71. The summed E-state index contributed by atoms with van der Waals surface area (Å²) >= 11 is 0.837. The number of hydrogen-bond acceptors (Lipinski definition) is 7. The molecule has 2 N–H and O–H groups in total. The Morgan fingerprint density at radius 2 is 1.91 bits per heavy atom. The second kappa shape index (κ2) is 7.53. The number of nitriles is 1. The van der Waals surface area contributed by atoms with Crippen LogP contribution in [0.1, 0.15) is 37.5 Å². The lowest BCUT2D eigenvalue weighted by Gasteiger charge is -2.43. The monoisotopic (exact) mass is 456 g/mol. The van der Waals surface area contributed by atoms with Crippen molar-refractivity contribution in [2.24, 2.45) is 11.1 Å². The number of anilines is 1. The third-order valence-corrected chi connectivity index (χ3v) is 6.72. The minimum Gasteiger partial charge on any atom is -0.384 e. The topological polar surface area (TPSA) is 113 Å². The van der Waals surface area contributed by atoms with Gasteiger partial charge in [-0.1, -0.05) is 31.3 Å². The first kappa shape index (κ1) is 21.6. The zero-order valence-corrected chi connectivity index (χ0v) is 18.0. The van der Waals surface area contributed by atoms with Crippen LogP contribution in [0.5, 0.6) is 0 Å². The number of nitrogens with zero attached hydrogens (tertiary/aromatic N) is 3. The van der Waals surface area contributed by atoms with Gasteiger partial charge in [0.25, 0.3) is 0 Å². The predicted octanol–water partition coefficient (Wildman–Crippen LogP) is 4.88. The molecule has 0 bridgehead atoms. The maximum atomic E-state index is 14.8. The third kappa shape index (κ3) is 3.35. The molecule has 0 saturated carbocycles. The van der Waals surface area contributed by atoms with Gasteiger partial charge in [-0.25, -0.2) is 8.78 Å². The smallest absolute Gasteiger partial charge is 0.324 e. The van der Waals surface area contributed by atoms with E-state index in [1.54, 1.807) is 0 Å². The van der Waals surface area contributed by atoms with Crippen molar-refractivity contribution >= 4 is 27.8 Å². The van der Waals surface area contributed by atoms with Gasteiger partial charge in [-0.2, -0.15) is 5.26 Å². The molecule has 0 spiro atoms. The number of nitro groups is 1.